The van der Waals surface area contributed by atoms with Crippen LogP contribution in [0.1, 0.15) is 88.6 Å². The third kappa shape index (κ3) is 15.8. The van der Waals surface area contributed by atoms with Crippen molar-refractivity contribution in [1.82, 2.24) is 0 Å². The number of fused-ring (bicyclic) bond motifs is 3. The molecular formula is C39H58NV4-. The van der Waals surface area contributed by atoms with Gasteiger partial charge in [0.2, 0.25) is 0 Å². The zero-order valence-corrected chi connectivity index (χ0v) is 35.3. The van der Waals surface area contributed by atoms with Gasteiger partial charge in [0.25, 0.3) is 0 Å². The Kier molecular flexibility index (Phi) is 50.3. The van der Waals surface area contributed by atoms with Crippen LogP contribution in [0, 0.1) is 14.4 Å². The van der Waals surface area contributed by atoms with Crippen LogP contribution in [0.15, 0.2) is 103 Å². The van der Waals surface area contributed by atoms with Gasteiger partial charge in [-0.25, -0.2) is 17.7 Å². The summed E-state index contributed by atoms with van der Waals surface area (Å²) in [5, 5.41) is 4.95. The zero-order valence-electron chi connectivity index (χ0n) is 29.8. The van der Waals surface area contributed by atoms with E-state index in [1.807, 2.05) is 83.1 Å². The van der Waals surface area contributed by atoms with Gasteiger partial charge in [0.15, 0.2) is 0 Å². The number of hydrogen-bond donors (Lipinski definition) is 0. The molecule has 0 N–H and O–H groups in total. The minimum Gasteiger partial charge on any atom is -0.358 e. The van der Waals surface area contributed by atoms with Gasteiger partial charge in [-0.2, -0.15) is 22.9 Å². The molecule has 1 nitrogen and oxygen atoms in total. The Labute approximate surface area is 321 Å². The summed E-state index contributed by atoms with van der Waals surface area (Å²) < 4.78 is 0. The van der Waals surface area contributed by atoms with Crippen molar-refractivity contribution in [3.63, 3.8) is 0 Å². The maximum Gasteiger partial charge on any atom is 2.00 e. The third-order valence-electron chi connectivity index (χ3n) is 5.16. The Morgan fingerprint density at radius 1 is 0.455 bits per heavy atom. The summed E-state index contributed by atoms with van der Waals surface area (Å²) in [6.45, 7) is 28.4. The topological polar surface area (TPSA) is 3.24 Å². The molecule has 5 rings (SSSR count). The van der Waals surface area contributed by atoms with Gasteiger partial charge in [0, 0.05) is 72.7 Å². The van der Waals surface area contributed by atoms with Gasteiger partial charge < -0.3 is 12.3 Å². The van der Waals surface area contributed by atoms with E-state index in [9.17, 15) is 0 Å². The van der Waals surface area contributed by atoms with Crippen LogP contribution in [-0.2, 0) is 74.2 Å². The number of rotatable bonds is 3. The maximum absolute atomic E-state index is 4.36. The van der Waals surface area contributed by atoms with E-state index < -0.39 is 0 Å². The van der Waals surface area contributed by atoms with Crippen LogP contribution in [0.25, 0.3) is 21.5 Å². The first-order chi connectivity index (χ1) is 19.3. The fraction of sp³-hybridized carbons (Fsp3) is 0.308. The summed E-state index contributed by atoms with van der Waals surface area (Å²) in [7, 11) is 0. The minimum atomic E-state index is 0. The Morgan fingerprint density at radius 2 is 0.795 bits per heavy atom. The summed E-state index contributed by atoms with van der Waals surface area (Å²) in [6.07, 6.45) is 0. The summed E-state index contributed by atoms with van der Waals surface area (Å²) in [5.41, 5.74) is 4.57. The average Bonchev–Trinajstić information content (AvgIpc) is 3.36. The quantitative estimate of drug-likeness (QED) is 0.166. The molecule has 5 heteroatoms. The molecule has 4 radical (unpaired) electrons. The van der Waals surface area contributed by atoms with Crippen molar-refractivity contribution in [2.45, 2.75) is 83.1 Å². The molecule has 0 aliphatic carbocycles. The Bertz CT molecular complexity index is 1200. The van der Waals surface area contributed by atoms with Gasteiger partial charge in [-0.1, -0.05) is 132 Å². The first-order valence-corrected chi connectivity index (χ1v) is 15.2. The van der Waals surface area contributed by atoms with E-state index in [-0.39, 0.29) is 81.6 Å². The van der Waals surface area contributed by atoms with Crippen LogP contribution in [0.5, 0.6) is 0 Å². The predicted octanol–water partition coefficient (Wildman–Crippen LogP) is 14.0. The number of hydrogen-bond acceptors (Lipinski definition) is 1. The van der Waals surface area contributed by atoms with Crippen molar-refractivity contribution in [2.75, 3.05) is 4.90 Å². The molecule has 0 saturated heterocycles. The van der Waals surface area contributed by atoms with Crippen LogP contribution < -0.4 is 4.90 Å². The molecule has 0 aliphatic heterocycles. The molecule has 0 atom stereocenters. The Morgan fingerprint density at radius 3 is 1.20 bits per heavy atom. The molecule has 0 bridgehead atoms. The van der Waals surface area contributed by atoms with Crippen molar-refractivity contribution in [3.8, 4) is 0 Å². The van der Waals surface area contributed by atoms with Crippen molar-refractivity contribution in [2.24, 2.45) is 0 Å². The normalized spacial score (nSPS) is 7.64. The molecule has 240 valence electrons. The van der Waals surface area contributed by atoms with Crippen LogP contribution >= 0.6 is 0 Å². The van der Waals surface area contributed by atoms with E-state index in [2.05, 4.69) is 115 Å². The predicted molar refractivity (Wildman–Crippen MR) is 191 cm³/mol. The van der Waals surface area contributed by atoms with E-state index in [4.69, 9.17) is 0 Å². The molecule has 0 saturated carbocycles. The van der Waals surface area contributed by atoms with E-state index in [0.29, 0.717) is 0 Å². The molecular weight excluding hydrogens is 686 g/mol. The second-order valence-corrected chi connectivity index (χ2v) is 6.73. The van der Waals surface area contributed by atoms with Gasteiger partial charge in [0.1, 0.15) is 0 Å². The number of para-hydroxylation sites is 2. The standard InChI is InChI=1S/C26H19N.6C2H6.CH3.4V/c1-19-22-15-8-9-16-24(22)26-23(19)17-10-18-25(26)27(20-11-4-2-5-12-20)21-13-6-3-7-14-21;6*1-2;;;;;/h2-18H,1H2;6*1-2H3;1H3;;;;/q-2;;;;;;;-1;;;;+2. The summed E-state index contributed by atoms with van der Waals surface area (Å²) in [5.74, 6) is 0. The van der Waals surface area contributed by atoms with Crippen LogP contribution in [0.3, 0.4) is 0 Å². The average molecular weight is 745 g/mol. The minimum absolute atomic E-state index is 0. The molecule has 5 aromatic carbocycles. The maximum atomic E-state index is 4.36. The number of nitrogens with zero attached hydrogens (tertiary/aromatic N) is 1. The first-order valence-electron chi connectivity index (χ1n) is 15.2. The molecule has 0 aromatic heterocycles. The smallest absolute Gasteiger partial charge is 0.358 e. The summed E-state index contributed by atoms with van der Waals surface area (Å²) >= 11 is 0. The third-order valence-corrected chi connectivity index (χ3v) is 5.16. The Balaban J connectivity index is -0.000000146. The molecule has 0 amide bonds. The van der Waals surface area contributed by atoms with Gasteiger partial charge in [-0.05, 0) is 24.3 Å². The van der Waals surface area contributed by atoms with E-state index in [0.717, 1.165) is 16.9 Å². The van der Waals surface area contributed by atoms with Crippen molar-refractivity contribution < 1.29 is 74.2 Å². The van der Waals surface area contributed by atoms with E-state index in [1.165, 1.54) is 27.2 Å². The number of anilines is 3. The van der Waals surface area contributed by atoms with Crippen molar-refractivity contribution >= 4 is 38.6 Å². The van der Waals surface area contributed by atoms with Gasteiger partial charge >= 0.3 is 18.6 Å². The summed E-state index contributed by atoms with van der Waals surface area (Å²) in [4.78, 5) is 2.33. The fourth-order valence-corrected chi connectivity index (χ4v) is 3.95. The monoisotopic (exact) mass is 744 g/mol. The molecule has 0 aliphatic rings. The van der Waals surface area contributed by atoms with Crippen LogP contribution in [-0.4, -0.2) is 0 Å². The van der Waals surface area contributed by atoms with E-state index >= 15 is 0 Å². The van der Waals surface area contributed by atoms with Gasteiger partial charge in [-0.15, -0.1) is 18.2 Å². The molecule has 5 aromatic rings. The molecule has 0 unspecified atom stereocenters. The summed E-state index contributed by atoms with van der Waals surface area (Å²) in [6, 6.07) is 36.1. The zero-order chi connectivity index (χ0) is 30.2. The molecule has 0 heterocycles. The molecule has 0 fully saturated rings. The van der Waals surface area contributed by atoms with Crippen LogP contribution in [0.2, 0.25) is 0 Å². The Hall–Kier alpha value is -1.24. The fourth-order valence-electron chi connectivity index (χ4n) is 3.95. The van der Waals surface area contributed by atoms with E-state index in [1.54, 1.807) is 0 Å². The van der Waals surface area contributed by atoms with Crippen molar-refractivity contribution in [3.05, 3.63) is 123 Å². The van der Waals surface area contributed by atoms with Crippen LogP contribution in [0.4, 0.5) is 17.1 Å². The molecule has 44 heavy (non-hydrogen) atoms. The second-order valence-electron chi connectivity index (χ2n) is 6.73. The van der Waals surface area contributed by atoms with Gasteiger partial charge in [-0.3, -0.25) is 5.56 Å². The second kappa shape index (κ2) is 37.9. The largest absolute Gasteiger partial charge is 2.00 e. The SMILES string of the molecule is CC.CC.CC.CC.CC.CC.[CH2-][c-]1c2ccccc2c2c(N(c3ccccc3)c3ccccc3)cccc21.[CH3-].[V+2].[V].[V].[V]. The molecule has 0 spiro atoms. The first kappa shape index (κ1) is 58.3. The number of benzene rings is 4. The van der Waals surface area contributed by atoms with Gasteiger partial charge in [0.05, 0.1) is 0 Å². The van der Waals surface area contributed by atoms with Crippen molar-refractivity contribution in [1.29, 1.82) is 0 Å².